The SMILES string of the molecule is CN1CCN(C(=O)c2ccccc2Cn2cccn2)CC1C(N)=O. The number of benzene rings is 1. The van der Waals surface area contributed by atoms with Crippen LogP contribution in [-0.4, -0.2) is 64.1 Å². The summed E-state index contributed by atoms with van der Waals surface area (Å²) in [7, 11) is 1.85. The van der Waals surface area contributed by atoms with Crippen molar-refractivity contribution in [2.45, 2.75) is 12.6 Å². The van der Waals surface area contributed by atoms with Crippen molar-refractivity contribution in [3.8, 4) is 0 Å². The largest absolute Gasteiger partial charge is 0.368 e. The van der Waals surface area contributed by atoms with Crippen molar-refractivity contribution in [3.63, 3.8) is 0 Å². The molecule has 126 valence electrons. The third-order valence-corrected chi connectivity index (χ3v) is 4.40. The van der Waals surface area contributed by atoms with E-state index in [4.69, 9.17) is 5.73 Å². The number of rotatable bonds is 4. The summed E-state index contributed by atoms with van der Waals surface area (Å²) in [4.78, 5) is 28.1. The molecule has 24 heavy (non-hydrogen) atoms. The van der Waals surface area contributed by atoms with E-state index in [-0.39, 0.29) is 5.91 Å². The number of hydrogen-bond acceptors (Lipinski definition) is 4. The molecule has 0 saturated carbocycles. The highest BCUT2D eigenvalue weighted by Gasteiger charge is 2.31. The molecule has 0 bridgehead atoms. The van der Waals surface area contributed by atoms with Crippen molar-refractivity contribution >= 4 is 11.8 Å². The van der Waals surface area contributed by atoms with E-state index >= 15 is 0 Å². The number of carbonyl (C=O) groups excluding carboxylic acids is 2. The minimum atomic E-state index is -0.444. The number of nitrogens with two attached hydrogens (primary N) is 1. The maximum absolute atomic E-state index is 12.9. The van der Waals surface area contributed by atoms with Crippen molar-refractivity contribution in [1.29, 1.82) is 0 Å². The topological polar surface area (TPSA) is 84.5 Å². The second kappa shape index (κ2) is 6.84. The van der Waals surface area contributed by atoms with Crippen LogP contribution in [0.5, 0.6) is 0 Å². The minimum Gasteiger partial charge on any atom is -0.368 e. The standard InChI is InChI=1S/C17H21N5O2/c1-20-9-10-21(12-15(20)16(18)23)17(24)14-6-3-2-5-13(14)11-22-8-4-7-19-22/h2-8,15H,9-12H2,1H3,(H2,18,23). The van der Waals surface area contributed by atoms with Gasteiger partial charge in [0.15, 0.2) is 0 Å². The number of nitrogens with zero attached hydrogens (tertiary/aromatic N) is 4. The Balaban J connectivity index is 1.81. The molecule has 2 amide bonds. The van der Waals surface area contributed by atoms with E-state index in [0.717, 1.165) is 5.56 Å². The molecule has 0 spiro atoms. The van der Waals surface area contributed by atoms with Gasteiger partial charge in [-0.15, -0.1) is 0 Å². The third kappa shape index (κ3) is 3.30. The van der Waals surface area contributed by atoms with Gasteiger partial charge in [-0.2, -0.15) is 5.10 Å². The number of hydrogen-bond donors (Lipinski definition) is 1. The van der Waals surface area contributed by atoms with E-state index in [0.29, 0.717) is 31.7 Å². The lowest BCUT2D eigenvalue weighted by Gasteiger charge is -2.38. The van der Waals surface area contributed by atoms with Crippen LogP contribution < -0.4 is 5.73 Å². The molecule has 1 aromatic heterocycles. The lowest BCUT2D eigenvalue weighted by atomic mass is 10.0. The molecule has 7 heteroatoms. The molecule has 1 aliphatic heterocycles. The fraction of sp³-hybridized carbons (Fsp3) is 0.353. The second-order valence-electron chi connectivity index (χ2n) is 6.01. The zero-order valence-corrected chi connectivity index (χ0v) is 13.6. The summed E-state index contributed by atoms with van der Waals surface area (Å²) in [6, 6.07) is 8.91. The Labute approximate surface area is 140 Å². The summed E-state index contributed by atoms with van der Waals surface area (Å²) in [5, 5.41) is 4.19. The Morgan fingerprint density at radius 2 is 2.04 bits per heavy atom. The molecule has 7 nitrogen and oxygen atoms in total. The van der Waals surface area contributed by atoms with E-state index in [9.17, 15) is 9.59 Å². The Bertz CT molecular complexity index is 728. The summed E-state index contributed by atoms with van der Waals surface area (Å²) in [6.45, 7) is 2.05. The normalized spacial score (nSPS) is 18.5. The van der Waals surface area contributed by atoms with Crippen LogP contribution in [0.25, 0.3) is 0 Å². The summed E-state index contributed by atoms with van der Waals surface area (Å²) in [6.07, 6.45) is 3.57. The quantitative estimate of drug-likeness (QED) is 0.868. The van der Waals surface area contributed by atoms with Crippen LogP contribution in [0.4, 0.5) is 0 Å². The summed E-state index contributed by atoms with van der Waals surface area (Å²) >= 11 is 0. The number of likely N-dealkylation sites (N-methyl/N-ethyl adjacent to an activating group) is 1. The first-order valence-electron chi connectivity index (χ1n) is 7.90. The van der Waals surface area contributed by atoms with Crippen LogP contribution in [0.2, 0.25) is 0 Å². The fourth-order valence-corrected chi connectivity index (χ4v) is 2.97. The molecular formula is C17H21N5O2. The maximum Gasteiger partial charge on any atom is 0.254 e. The number of amides is 2. The predicted octanol–water partition coefficient (Wildman–Crippen LogP) is 0.173. The number of aromatic nitrogens is 2. The number of primary amides is 1. The average molecular weight is 327 g/mol. The molecule has 2 aromatic rings. The highest BCUT2D eigenvalue weighted by Crippen LogP contribution is 2.16. The van der Waals surface area contributed by atoms with E-state index < -0.39 is 11.9 Å². The van der Waals surface area contributed by atoms with Crippen LogP contribution in [-0.2, 0) is 11.3 Å². The van der Waals surface area contributed by atoms with Gasteiger partial charge in [0, 0.05) is 37.6 Å². The Hall–Kier alpha value is -2.67. The molecule has 2 heterocycles. The highest BCUT2D eigenvalue weighted by molar-refractivity contribution is 5.96. The molecule has 1 aliphatic rings. The lowest BCUT2D eigenvalue weighted by Crippen LogP contribution is -2.58. The highest BCUT2D eigenvalue weighted by atomic mass is 16.2. The third-order valence-electron chi connectivity index (χ3n) is 4.40. The Kier molecular flexibility index (Phi) is 4.61. The van der Waals surface area contributed by atoms with Crippen molar-refractivity contribution in [2.75, 3.05) is 26.7 Å². The van der Waals surface area contributed by atoms with Crippen molar-refractivity contribution in [1.82, 2.24) is 19.6 Å². The monoisotopic (exact) mass is 327 g/mol. The molecule has 3 rings (SSSR count). The first-order valence-corrected chi connectivity index (χ1v) is 7.90. The predicted molar refractivity (Wildman–Crippen MR) is 89.3 cm³/mol. The number of piperazine rings is 1. The second-order valence-corrected chi connectivity index (χ2v) is 6.01. The molecule has 1 aromatic carbocycles. The van der Waals surface area contributed by atoms with Crippen LogP contribution >= 0.6 is 0 Å². The zero-order valence-electron chi connectivity index (χ0n) is 13.6. The smallest absolute Gasteiger partial charge is 0.254 e. The fourth-order valence-electron chi connectivity index (χ4n) is 2.97. The number of carbonyl (C=O) groups is 2. The van der Waals surface area contributed by atoms with Crippen molar-refractivity contribution in [3.05, 3.63) is 53.9 Å². The molecule has 0 radical (unpaired) electrons. The maximum atomic E-state index is 12.9. The molecule has 1 fully saturated rings. The van der Waals surface area contributed by atoms with Gasteiger partial charge in [0.1, 0.15) is 6.04 Å². The molecule has 1 atom stereocenters. The van der Waals surface area contributed by atoms with E-state index in [1.54, 1.807) is 15.8 Å². The van der Waals surface area contributed by atoms with Gasteiger partial charge in [-0.05, 0) is 24.7 Å². The van der Waals surface area contributed by atoms with Crippen LogP contribution in [0.3, 0.4) is 0 Å². The average Bonchev–Trinajstić information content (AvgIpc) is 3.08. The van der Waals surface area contributed by atoms with Gasteiger partial charge >= 0.3 is 0 Å². The van der Waals surface area contributed by atoms with E-state index in [1.165, 1.54) is 0 Å². The summed E-state index contributed by atoms with van der Waals surface area (Å²) in [5.74, 6) is -0.475. The molecule has 1 unspecified atom stereocenters. The summed E-state index contributed by atoms with van der Waals surface area (Å²) in [5.41, 5.74) is 6.99. The van der Waals surface area contributed by atoms with Gasteiger partial charge in [-0.25, -0.2) is 0 Å². The van der Waals surface area contributed by atoms with Crippen LogP contribution in [0.1, 0.15) is 15.9 Å². The Morgan fingerprint density at radius 3 is 2.75 bits per heavy atom. The van der Waals surface area contributed by atoms with Gasteiger partial charge in [0.25, 0.3) is 5.91 Å². The van der Waals surface area contributed by atoms with Gasteiger partial charge in [-0.1, -0.05) is 18.2 Å². The Morgan fingerprint density at radius 1 is 1.25 bits per heavy atom. The van der Waals surface area contributed by atoms with Gasteiger partial charge in [-0.3, -0.25) is 19.2 Å². The molecule has 2 N–H and O–H groups in total. The first kappa shape index (κ1) is 16.2. The van der Waals surface area contributed by atoms with E-state index in [2.05, 4.69) is 5.10 Å². The summed E-state index contributed by atoms with van der Waals surface area (Å²) < 4.78 is 1.78. The first-order chi connectivity index (χ1) is 11.6. The van der Waals surface area contributed by atoms with Gasteiger partial charge < -0.3 is 10.6 Å². The van der Waals surface area contributed by atoms with Gasteiger partial charge in [0.05, 0.1) is 6.54 Å². The molecule has 0 aliphatic carbocycles. The van der Waals surface area contributed by atoms with Crippen LogP contribution in [0, 0.1) is 0 Å². The van der Waals surface area contributed by atoms with Gasteiger partial charge in [0.2, 0.25) is 5.91 Å². The lowest BCUT2D eigenvalue weighted by molar-refractivity contribution is -0.124. The van der Waals surface area contributed by atoms with E-state index in [1.807, 2.05) is 48.5 Å². The zero-order chi connectivity index (χ0) is 17.1. The molecular weight excluding hydrogens is 306 g/mol. The van der Waals surface area contributed by atoms with Crippen molar-refractivity contribution < 1.29 is 9.59 Å². The van der Waals surface area contributed by atoms with Crippen LogP contribution in [0.15, 0.2) is 42.7 Å². The molecule has 1 saturated heterocycles. The minimum absolute atomic E-state index is 0.0721. The van der Waals surface area contributed by atoms with Crippen molar-refractivity contribution in [2.24, 2.45) is 5.73 Å².